The molecule has 0 unspecified atom stereocenters. The number of halogens is 2. The summed E-state index contributed by atoms with van der Waals surface area (Å²) in [6.07, 6.45) is 1.30. The van der Waals surface area contributed by atoms with Gasteiger partial charge in [-0.25, -0.2) is 4.39 Å². The third-order valence-electron chi connectivity index (χ3n) is 2.88. The van der Waals surface area contributed by atoms with Crippen LogP contribution >= 0.6 is 27.7 Å². The summed E-state index contributed by atoms with van der Waals surface area (Å²) in [5, 5.41) is 8.02. The van der Waals surface area contributed by atoms with Gasteiger partial charge in [-0.3, -0.25) is 0 Å². The van der Waals surface area contributed by atoms with Crippen LogP contribution in [0, 0.1) is 5.82 Å². The van der Waals surface area contributed by atoms with Gasteiger partial charge >= 0.3 is 0 Å². The minimum atomic E-state index is -0.424. The van der Waals surface area contributed by atoms with Gasteiger partial charge in [0.2, 0.25) is 0 Å². The zero-order valence-corrected chi connectivity index (χ0v) is 14.8. The van der Waals surface area contributed by atoms with E-state index in [4.69, 9.17) is 10.5 Å². The summed E-state index contributed by atoms with van der Waals surface area (Å²) < 4.78 is 19.4. The van der Waals surface area contributed by atoms with Crippen molar-refractivity contribution in [3.63, 3.8) is 0 Å². The standard InChI is InChI=1S/C16H15BrFN3OS/c1-22-14-8-7-13(18)12(15(14)17)9-20-21-16(19)23-10-11-5-3-2-4-6-11/h2-9H,10H2,1H3,(H2,19,21). The van der Waals surface area contributed by atoms with E-state index in [1.807, 2.05) is 30.3 Å². The van der Waals surface area contributed by atoms with Crippen molar-refractivity contribution in [2.24, 2.45) is 15.9 Å². The van der Waals surface area contributed by atoms with Gasteiger partial charge in [-0.15, -0.1) is 5.10 Å². The summed E-state index contributed by atoms with van der Waals surface area (Å²) in [6, 6.07) is 12.7. The maximum atomic E-state index is 13.8. The molecular formula is C16H15BrFN3OS. The number of amidine groups is 1. The van der Waals surface area contributed by atoms with Crippen LogP contribution in [0.3, 0.4) is 0 Å². The van der Waals surface area contributed by atoms with Crippen LogP contribution in [0.5, 0.6) is 5.75 Å². The van der Waals surface area contributed by atoms with E-state index in [2.05, 4.69) is 26.1 Å². The normalized spacial score (nSPS) is 11.9. The third-order valence-corrected chi connectivity index (χ3v) is 4.56. The largest absolute Gasteiger partial charge is 0.496 e. The Morgan fingerprint density at radius 3 is 2.74 bits per heavy atom. The Labute approximate surface area is 146 Å². The molecule has 23 heavy (non-hydrogen) atoms. The predicted molar refractivity (Wildman–Crippen MR) is 97.6 cm³/mol. The summed E-state index contributed by atoms with van der Waals surface area (Å²) in [6.45, 7) is 0. The molecule has 0 heterocycles. The first-order chi connectivity index (χ1) is 11.1. The maximum absolute atomic E-state index is 13.8. The Kier molecular flexibility index (Phi) is 6.61. The van der Waals surface area contributed by atoms with E-state index in [-0.39, 0.29) is 5.56 Å². The van der Waals surface area contributed by atoms with E-state index >= 15 is 0 Å². The van der Waals surface area contributed by atoms with Gasteiger partial charge in [-0.2, -0.15) is 5.10 Å². The van der Waals surface area contributed by atoms with E-state index in [1.165, 1.54) is 37.2 Å². The lowest BCUT2D eigenvalue weighted by Crippen LogP contribution is -2.06. The molecule has 0 saturated heterocycles. The zero-order chi connectivity index (χ0) is 16.7. The van der Waals surface area contributed by atoms with Gasteiger partial charge in [0.15, 0.2) is 5.17 Å². The molecule has 7 heteroatoms. The highest BCUT2D eigenvalue weighted by Crippen LogP contribution is 2.29. The van der Waals surface area contributed by atoms with Gasteiger partial charge in [0.25, 0.3) is 0 Å². The highest BCUT2D eigenvalue weighted by atomic mass is 79.9. The van der Waals surface area contributed by atoms with Crippen LogP contribution < -0.4 is 10.5 Å². The SMILES string of the molecule is COc1ccc(F)c(C=NN=C(N)SCc2ccccc2)c1Br. The number of methoxy groups -OCH3 is 1. The number of benzene rings is 2. The minimum Gasteiger partial charge on any atom is -0.496 e. The molecule has 2 aromatic carbocycles. The summed E-state index contributed by atoms with van der Waals surface area (Å²) >= 11 is 4.64. The maximum Gasteiger partial charge on any atom is 0.180 e. The molecule has 0 amide bonds. The van der Waals surface area contributed by atoms with E-state index < -0.39 is 5.82 Å². The average molecular weight is 396 g/mol. The fourth-order valence-electron chi connectivity index (χ4n) is 1.73. The molecule has 0 bridgehead atoms. The molecule has 0 aliphatic heterocycles. The van der Waals surface area contributed by atoms with Gasteiger partial charge in [0.05, 0.1) is 17.8 Å². The number of hydrogen-bond donors (Lipinski definition) is 1. The number of nitrogens with two attached hydrogens (primary N) is 1. The second-order valence-electron chi connectivity index (χ2n) is 4.43. The number of nitrogens with zero attached hydrogens (tertiary/aromatic N) is 2. The quantitative estimate of drug-likeness (QED) is 0.469. The van der Waals surface area contributed by atoms with Crippen molar-refractivity contribution >= 4 is 39.1 Å². The molecule has 0 aliphatic rings. The first-order valence-electron chi connectivity index (χ1n) is 6.67. The molecule has 0 radical (unpaired) electrons. The predicted octanol–water partition coefficient (Wildman–Crippen LogP) is 4.18. The highest BCUT2D eigenvalue weighted by Gasteiger charge is 2.10. The first-order valence-corrected chi connectivity index (χ1v) is 8.45. The van der Waals surface area contributed by atoms with Gasteiger partial charge in [-0.1, -0.05) is 42.1 Å². The smallest absolute Gasteiger partial charge is 0.180 e. The summed E-state index contributed by atoms with van der Waals surface area (Å²) in [4.78, 5) is 0. The highest BCUT2D eigenvalue weighted by molar-refractivity contribution is 9.10. The van der Waals surface area contributed by atoms with Crippen molar-refractivity contribution in [2.75, 3.05) is 7.11 Å². The van der Waals surface area contributed by atoms with Gasteiger partial charge < -0.3 is 10.5 Å². The van der Waals surface area contributed by atoms with Crippen molar-refractivity contribution in [1.82, 2.24) is 0 Å². The van der Waals surface area contributed by atoms with Crippen molar-refractivity contribution in [1.29, 1.82) is 0 Å². The summed E-state index contributed by atoms with van der Waals surface area (Å²) in [7, 11) is 1.51. The Balaban J connectivity index is 2.03. The van der Waals surface area contributed by atoms with Crippen LogP contribution in [0.15, 0.2) is 57.1 Å². The Hall–Kier alpha value is -1.86. The Morgan fingerprint density at radius 2 is 2.04 bits per heavy atom. The topological polar surface area (TPSA) is 60.0 Å². The van der Waals surface area contributed by atoms with Crippen LogP contribution in [-0.4, -0.2) is 18.5 Å². The molecule has 0 spiro atoms. The lowest BCUT2D eigenvalue weighted by Gasteiger charge is -2.06. The molecule has 0 fully saturated rings. The Bertz CT molecular complexity index is 723. The van der Waals surface area contributed by atoms with Gasteiger partial charge in [0, 0.05) is 11.3 Å². The molecule has 0 saturated carbocycles. The van der Waals surface area contributed by atoms with Crippen molar-refractivity contribution in [3.8, 4) is 5.75 Å². The van der Waals surface area contributed by atoms with E-state index in [0.717, 1.165) is 5.56 Å². The van der Waals surface area contributed by atoms with Crippen molar-refractivity contribution < 1.29 is 9.13 Å². The van der Waals surface area contributed by atoms with Crippen LogP contribution in [0.1, 0.15) is 11.1 Å². The molecule has 0 aromatic heterocycles. The van der Waals surface area contributed by atoms with E-state index in [9.17, 15) is 4.39 Å². The number of rotatable bonds is 5. The molecule has 2 N–H and O–H groups in total. The average Bonchev–Trinajstić information content (AvgIpc) is 2.57. The van der Waals surface area contributed by atoms with Crippen LogP contribution in [0.25, 0.3) is 0 Å². The number of ether oxygens (including phenoxy) is 1. The Morgan fingerprint density at radius 1 is 1.30 bits per heavy atom. The van der Waals surface area contributed by atoms with Crippen LogP contribution in [0.4, 0.5) is 4.39 Å². The molecule has 2 aromatic rings. The third kappa shape index (κ3) is 5.07. The zero-order valence-electron chi connectivity index (χ0n) is 12.4. The lowest BCUT2D eigenvalue weighted by molar-refractivity contribution is 0.411. The monoisotopic (exact) mass is 395 g/mol. The van der Waals surface area contributed by atoms with Crippen LogP contribution in [-0.2, 0) is 5.75 Å². The minimum absolute atomic E-state index is 0.258. The number of thioether (sulfide) groups is 1. The van der Waals surface area contributed by atoms with E-state index in [0.29, 0.717) is 21.1 Å². The first kappa shape index (κ1) is 17.5. The van der Waals surface area contributed by atoms with Crippen molar-refractivity contribution in [3.05, 3.63) is 63.9 Å². The van der Waals surface area contributed by atoms with E-state index in [1.54, 1.807) is 0 Å². The second-order valence-corrected chi connectivity index (χ2v) is 6.22. The summed E-state index contributed by atoms with van der Waals surface area (Å²) in [5.41, 5.74) is 7.19. The molecular weight excluding hydrogens is 381 g/mol. The summed E-state index contributed by atoms with van der Waals surface area (Å²) in [5.74, 6) is 0.790. The molecule has 0 aliphatic carbocycles. The molecule has 0 atom stereocenters. The van der Waals surface area contributed by atoms with Crippen LogP contribution in [0.2, 0.25) is 0 Å². The van der Waals surface area contributed by atoms with Gasteiger partial charge in [-0.05, 0) is 33.6 Å². The molecule has 4 nitrogen and oxygen atoms in total. The molecule has 120 valence electrons. The second kappa shape index (κ2) is 8.69. The fraction of sp³-hybridized carbons (Fsp3) is 0.125. The fourth-order valence-corrected chi connectivity index (χ4v) is 2.93. The van der Waals surface area contributed by atoms with Gasteiger partial charge in [0.1, 0.15) is 11.6 Å². The number of hydrogen-bond acceptors (Lipinski definition) is 4. The van der Waals surface area contributed by atoms with Crippen molar-refractivity contribution in [2.45, 2.75) is 5.75 Å². The molecule has 2 rings (SSSR count). The lowest BCUT2D eigenvalue weighted by atomic mass is 10.2.